The lowest BCUT2D eigenvalue weighted by molar-refractivity contribution is -0.138. The predicted molar refractivity (Wildman–Crippen MR) is 77.2 cm³/mol. The topological polar surface area (TPSA) is 82.1 Å². The van der Waals surface area contributed by atoms with Gasteiger partial charge in [0.25, 0.3) is 0 Å². The predicted octanol–water partition coefficient (Wildman–Crippen LogP) is 0.356. The zero-order chi connectivity index (χ0) is 15.2. The summed E-state index contributed by atoms with van der Waals surface area (Å²) in [6.45, 7) is 2.53. The van der Waals surface area contributed by atoms with Crippen LogP contribution in [0.5, 0.6) is 0 Å². The number of hydrogen-bond acceptors (Lipinski definition) is 4. The van der Waals surface area contributed by atoms with Gasteiger partial charge in [-0.1, -0.05) is 12.8 Å². The quantitative estimate of drug-likeness (QED) is 0.766. The van der Waals surface area contributed by atoms with Crippen molar-refractivity contribution in [2.24, 2.45) is 0 Å². The summed E-state index contributed by atoms with van der Waals surface area (Å²) in [6, 6.07) is -0.239. The zero-order valence-electron chi connectivity index (χ0n) is 12.6. The van der Waals surface area contributed by atoms with E-state index in [0.29, 0.717) is 13.2 Å². The van der Waals surface area contributed by atoms with Gasteiger partial charge in [0.05, 0.1) is 12.7 Å². The molecule has 1 saturated carbocycles. The number of ether oxygens (including phenoxy) is 1. The molecule has 0 bridgehead atoms. The molecule has 2 aliphatic rings. The Morgan fingerprint density at radius 2 is 2.10 bits per heavy atom. The molecule has 1 heterocycles. The number of nitrogens with one attached hydrogen (secondary N) is 1. The fraction of sp³-hybridized carbons (Fsp3) is 0.857. The van der Waals surface area contributed by atoms with E-state index in [1.165, 1.54) is 4.90 Å². The van der Waals surface area contributed by atoms with Crippen molar-refractivity contribution in [1.82, 2.24) is 15.1 Å². The SMILES string of the molecule is CN1CCOC(CNC(=O)N(CC(=O)O)C2CCCC2)C1. The van der Waals surface area contributed by atoms with Gasteiger partial charge in [0.15, 0.2) is 0 Å². The van der Waals surface area contributed by atoms with Crippen LogP contribution >= 0.6 is 0 Å². The van der Waals surface area contributed by atoms with Gasteiger partial charge in [0.1, 0.15) is 6.54 Å². The lowest BCUT2D eigenvalue weighted by atomic mass is 10.2. The van der Waals surface area contributed by atoms with Crippen LogP contribution in [0, 0.1) is 0 Å². The Bertz CT molecular complexity index is 371. The van der Waals surface area contributed by atoms with Crippen LogP contribution in [0.1, 0.15) is 25.7 Å². The first-order valence-corrected chi connectivity index (χ1v) is 7.62. The number of rotatable bonds is 5. The van der Waals surface area contributed by atoms with E-state index in [0.717, 1.165) is 38.8 Å². The number of morpholine rings is 1. The minimum Gasteiger partial charge on any atom is -0.480 e. The van der Waals surface area contributed by atoms with E-state index in [4.69, 9.17) is 9.84 Å². The van der Waals surface area contributed by atoms with Crippen LogP contribution in [0.3, 0.4) is 0 Å². The summed E-state index contributed by atoms with van der Waals surface area (Å²) in [5.41, 5.74) is 0. The Balaban J connectivity index is 1.84. The molecule has 1 aliphatic heterocycles. The molecule has 120 valence electrons. The maximum atomic E-state index is 12.3. The summed E-state index contributed by atoms with van der Waals surface area (Å²) in [4.78, 5) is 26.9. The summed E-state index contributed by atoms with van der Waals surface area (Å²) < 4.78 is 5.59. The molecular weight excluding hydrogens is 274 g/mol. The van der Waals surface area contributed by atoms with Crippen molar-refractivity contribution >= 4 is 12.0 Å². The van der Waals surface area contributed by atoms with Crippen molar-refractivity contribution in [2.45, 2.75) is 37.8 Å². The Morgan fingerprint density at radius 3 is 2.71 bits per heavy atom. The van der Waals surface area contributed by atoms with Crippen molar-refractivity contribution < 1.29 is 19.4 Å². The highest BCUT2D eigenvalue weighted by atomic mass is 16.5. The first-order valence-electron chi connectivity index (χ1n) is 7.62. The standard InChI is InChI=1S/C14H25N3O4/c1-16-6-7-21-12(9-16)8-15-14(20)17(10-13(18)19)11-4-2-3-5-11/h11-12H,2-10H2,1H3,(H,15,20)(H,18,19). The highest BCUT2D eigenvalue weighted by molar-refractivity contribution is 5.80. The van der Waals surface area contributed by atoms with Gasteiger partial charge in [0.2, 0.25) is 0 Å². The number of carbonyl (C=O) groups excluding carboxylic acids is 1. The number of urea groups is 1. The molecule has 7 heteroatoms. The van der Waals surface area contributed by atoms with Crippen LogP contribution < -0.4 is 5.32 Å². The number of likely N-dealkylation sites (N-methyl/N-ethyl adjacent to an activating group) is 1. The molecule has 0 spiro atoms. The van der Waals surface area contributed by atoms with E-state index in [1.54, 1.807) is 0 Å². The summed E-state index contributed by atoms with van der Waals surface area (Å²) in [7, 11) is 2.02. The Labute approximate surface area is 125 Å². The average Bonchev–Trinajstić information content (AvgIpc) is 2.96. The maximum absolute atomic E-state index is 12.3. The van der Waals surface area contributed by atoms with Crippen molar-refractivity contribution in [3.8, 4) is 0 Å². The summed E-state index contributed by atoms with van der Waals surface area (Å²) >= 11 is 0. The number of hydrogen-bond donors (Lipinski definition) is 2. The average molecular weight is 299 g/mol. The fourth-order valence-electron chi connectivity index (χ4n) is 3.02. The Hall–Kier alpha value is -1.34. The molecule has 0 aromatic heterocycles. The second kappa shape index (κ2) is 7.61. The van der Waals surface area contributed by atoms with Gasteiger partial charge in [-0.2, -0.15) is 0 Å². The van der Waals surface area contributed by atoms with Gasteiger partial charge in [-0.25, -0.2) is 4.79 Å². The third-order valence-corrected chi connectivity index (χ3v) is 4.15. The zero-order valence-corrected chi connectivity index (χ0v) is 12.6. The number of carboxylic acids is 1. The highest BCUT2D eigenvalue weighted by Crippen LogP contribution is 2.23. The van der Waals surface area contributed by atoms with Gasteiger partial charge in [0, 0.05) is 25.7 Å². The monoisotopic (exact) mass is 299 g/mol. The molecule has 7 nitrogen and oxygen atoms in total. The number of aliphatic carboxylic acids is 1. The second-order valence-corrected chi connectivity index (χ2v) is 5.90. The third-order valence-electron chi connectivity index (χ3n) is 4.15. The third kappa shape index (κ3) is 4.86. The van der Waals surface area contributed by atoms with Gasteiger partial charge in [-0.15, -0.1) is 0 Å². The molecule has 0 aromatic rings. The second-order valence-electron chi connectivity index (χ2n) is 5.90. The number of carbonyl (C=O) groups is 2. The fourth-order valence-corrected chi connectivity index (χ4v) is 3.02. The molecule has 21 heavy (non-hydrogen) atoms. The smallest absolute Gasteiger partial charge is 0.323 e. The van der Waals surface area contributed by atoms with Crippen molar-refractivity contribution in [3.05, 3.63) is 0 Å². The summed E-state index contributed by atoms with van der Waals surface area (Å²) in [6.07, 6.45) is 3.88. The molecule has 2 amide bonds. The van der Waals surface area contributed by atoms with Gasteiger partial charge < -0.3 is 25.0 Å². The molecule has 1 saturated heterocycles. The Kier molecular flexibility index (Phi) is 5.81. The van der Waals surface area contributed by atoms with Crippen molar-refractivity contribution in [1.29, 1.82) is 0 Å². The molecule has 1 aliphatic carbocycles. The number of nitrogens with zero attached hydrogens (tertiary/aromatic N) is 2. The lowest BCUT2D eigenvalue weighted by Gasteiger charge is -2.32. The van der Waals surface area contributed by atoms with Gasteiger partial charge in [-0.3, -0.25) is 4.79 Å². The van der Waals surface area contributed by atoms with Crippen LogP contribution in [0.25, 0.3) is 0 Å². The van der Waals surface area contributed by atoms with Crippen molar-refractivity contribution in [2.75, 3.05) is 39.8 Å². The summed E-state index contributed by atoms with van der Waals surface area (Å²) in [5.74, 6) is -0.967. The molecule has 1 unspecified atom stereocenters. The number of amides is 2. The van der Waals surface area contributed by atoms with Crippen LogP contribution in [0.15, 0.2) is 0 Å². The Morgan fingerprint density at radius 1 is 1.38 bits per heavy atom. The van der Waals surface area contributed by atoms with Gasteiger partial charge >= 0.3 is 12.0 Å². The minimum atomic E-state index is -0.967. The highest BCUT2D eigenvalue weighted by Gasteiger charge is 2.29. The summed E-state index contributed by atoms with van der Waals surface area (Å²) in [5, 5.41) is 11.8. The first-order chi connectivity index (χ1) is 10.1. The normalized spacial score (nSPS) is 24.0. The first kappa shape index (κ1) is 16.0. The molecule has 2 rings (SSSR count). The molecule has 0 aromatic carbocycles. The van der Waals surface area contributed by atoms with Crippen LogP contribution in [0.4, 0.5) is 4.79 Å². The number of carboxylic acid groups (broad SMARTS) is 1. The van der Waals surface area contributed by atoms with Crippen LogP contribution in [0.2, 0.25) is 0 Å². The largest absolute Gasteiger partial charge is 0.480 e. The van der Waals surface area contributed by atoms with Gasteiger partial charge in [-0.05, 0) is 19.9 Å². The molecule has 2 fully saturated rings. The van der Waals surface area contributed by atoms with E-state index in [9.17, 15) is 9.59 Å². The lowest BCUT2D eigenvalue weighted by Crippen LogP contribution is -2.51. The molecule has 0 radical (unpaired) electrons. The molecule has 1 atom stereocenters. The van der Waals surface area contributed by atoms with E-state index < -0.39 is 5.97 Å². The van der Waals surface area contributed by atoms with E-state index in [2.05, 4.69) is 10.2 Å². The van der Waals surface area contributed by atoms with Crippen LogP contribution in [-0.4, -0.2) is 78.9 Å². The van der Waals surface area contributed by atoms with E-state index >= 15 is 0 Å². The van der Waals surface area contributed by atoms with Crippen molar-refractivity contribution in [3.63, 3.8) is 0 Å². The van der Waals surface area contributed by atoms with E-state index in [-0.39, 0.29) is 24.7 Å². The molecule has 2 N–H and O–H groups in total. The maximum Gasteiger partial charge on any atom is 0.323 e. The van der Waals surface area contributed by atoms with E-state index in [1.807, 2.05) is 7.05 Å². The van der Waals surface area contributed by atoms with Crippen LogP contribution in [-0.2, 0) is 9.53 Å². The molecular formula is C14H25N3O4. The minimum absolute atomic E-state index is 0.0250.